The van der Waals surface area contributed by atoms with Crippen molar-refractivity contribution in [1.29, 1.82) is 0 Å². The van der Waals surface area contributed by atoms with Gasteiger partial charge in [0.1, 0.15) is 16.5 Å². The van der Waals surface area contributed by atoms with Crippen LogP contribution in [-0.2, 0) is 6.18 Å². The first-order chi connectivity index (χ1) is 14.3. The predicted molar refractivity (Wildman–Crippen MR) is 109 cm³/mol. The van der Waals surface area contributed by atoms with Gasteiger partial charge in [0.2, 0.25) is 0 Å². The third-order valence-corrected chi connectivity index (χ3v) is 5.34. The number of nitrogens with zero attached hydrogens (tertiary/aromatic N) is 3. The van der Waals surface area contributed by atoms with Gasteiger partial charge in [-0.25, -0.2) is 4.98 Å². The Morgan fingerprint density at radius 3 is 2.43 bits per heavy atom. The normalized spacial score (nSPS) is 12.0. The second kappa shape index (κ2) is 7.75. The van der Waals surface area contributed by atoms with Crippen molar-refractivity contribution in [2.75, 3.05) is 7.11 Å². The first kappa shape index (κ1) is 19.8. The number of thiazole rings is 1. The van der Waals surface area contributed by atoms with E-state index in [4.69, 9.17) is 4.74 Å². The number of aromatic hydroxyl groups is 1. The van der Waals surface area contributed by atoms with Crippen LogP contribution in [0.1, 0.15) is 5.56 Å². The summed E-state index contributed by atoms with van der Waals surface area (Å²) in [5, 5.41) is 17.7. The van der Waals surface area contributed by atoms with Crippen molar-refractivity contribution in [2.24, 2.45) is 10.2 Å². The highest BCUT2D eigenvalue weighted by atomic mass is 32.1. The lowest BCUT2D eigenvalue weighted by Crippen LogP contribution is -2.04. The zero-order valence-corrected chi connectivity index (χ0v) is 16.3. The summed E-state index contributed by atoms with van der Waals surface area (Å²) in [7, 11) is 1.60. The Kier molecular flexibility index (Phi) is 5.13. The molecule has 0 fully saturated rings. The topological polar surface area (TPSA) is 67.1 Å². The molecule has 0 spiro atoms. The molecule has 0 saturated heterocycles. The van der Waals surface area contributed by atoms with Crippen LogP contribution in [0.15, 0.2) is 70.9 Å². The van der Waals surface area contributed by atoms with Crippen LogP contribution in [0.4, 0.5) is 24.5 Å². The highest BCUT2D eigenvalue weighted by molar-refractivity contribution is 7.21. The molecule has 4 rings (SSSR count). The monoisotopic (exact) mass is 429 g/mol. The third kappa shape index (κ3) is 4.11. The molecule has 0 aliphatic rings. The Hall–Kier alpha value is -3.46. The Morgan fingerprint density at radius 1 is 0.967 bits per heavy atom. The van der Waals surface area contributed by atoms with Crippen LogP contribution in [0.3, 0.4) is 0 Å². The maximum Gasteiger partial charge on any atom is 0.418 e. The number of rotatable bonds is 4. The molecule has 1 aromatic heterocycles. The van der Waals surface area contributed by atoms with E-state index in [0.717, 1.165) is 38.7 Å². The lowest BCUT2D eigenvalue weighted by atomic mass is 10.1. The first-order valence-electron chi connectivity index (χ1n) is 8.70. The zero-order chi connectivity index (χ0) is 21.3. The van der Waals surface area contributed by atoms with Crippen molar-refractivity contribution in [3.63, 3.8) is 0 Å². The van der Waals surface area contributed by atoms with Crippen molar-refractivity contribution in [2.45, 2.75) is 6.18 Å². The number of phenolic OH excluding ortho intramolecular Hbond substituents is 1. The maximum absolute atomic E-state index is 13.1. The molecular formula is C21H14F3N3O2S. The summed E-state index contributed by atoms with van der Waals surface area (Å²) < 4.78 is 45.5. The number of phenols is 1. The fourth-order valence-corrected chi connectivity index (χ4v) is 3.78. The summed E-state index contributed by atoms with van der Waals surface area (Å²) in [6.45, 7) is 0. The Morgan fingerprint density at radius 2 is 1.73 bits per heavy atom. The van der Waals surface area contributed by atoms with Crippen LogP contribution in [0.2, 0.25) is 0 Å². The average Bonchev–Trinajstić information content (AvgIpc) is 3.15. The number of hydrogen-bond acceptors (Lipinski definition) is 6. The summed E-state index contributed by atoms with van der Waals surface area (Å²) in [6, 6.07) is 15.3. The molecule has 3 aromatic carbocycles. The fourth-order valence-electron chi connectivity index (χ4n) is 2.78. The molecule has 152 valence electrons. The summed E-state index contributed by atoms with van der Waals surface area (Å²) in [6.07, 6.45) is -4.65. The van der Waals surface area contributed by atoms with Gasteiger partial charge in [-0.1, -0.05) is 0 Å². The number of fused-ring (bicyclic) bond motifs is 1. The van der Waals surface area contributed by atoms with Crippen molar-refractivity contribution in [1.82, 2.24) is 4.98 Å². The van der Waals surface area contributed by atoms with Gasteiger partial charge in [-0.2, -0.15) is 18.3 Å². The molecule has 0 atom stereocenters. The number of ether oxygens (including phenoxy) is 1. The molecule has 0 unspecified atom stereocenters. The highest BCUT2D eigenvalue weighted by Crippen LogP contribution is 2.39. The summed E-state index contributed by atoms with van der Waals surface area (Å²) in [5.74, 6) is 0.264. The maximum atomic E-state index is 13.1. The van der Waals surface area contributed by atoms with Gasteiger partial charge in [0.05, 0.1) is 34.3 Å². The molecule has 5 nitrogen and oxygen atoms in total. The molecule has 1 N–H and O–H groups in total. The van der Waals surface area contributed by atoms with Crippen LogP contribution >= 0.6 is 11.3 Å². The van der Waals surface area contributed by atoms with Gasteiger partial charge in [-0.05, 0) is 60.7 Å². The number of azo groups is 1. The predicted octanol–water partition coefficient (Wildman–Crippen LogP) is 7.11. The average molecular weight is 429 g/mol. The minimum Gasteiger partial charge on any atom is -0.508 e. The van der Waals surface area contributed by atoms with E-state index in [2.05, 4.69) is 15.2 Å². The van der Waals surface area contributed by atoms with Gasteiger partial charge in [-0.3, -0.25) is 0 Å². The van der Waals surface area contributed by atoms with Crippen molar-refractivity contribution < 1.29 is 23.0 Å². The molecule has 30 heavy (non-hydrogen) atoms. The third-order valence-electron chi connectivity index (χ3n) is 4.27. The van der Waals surface area contributed by atoms with Gasteiger partial charge in [0, 0.05) is 5.56 Å². The quantitative estimate of drug-likeness (QED) is 0.352. The van der Waals surface area contributed by atoms with E-state index in [9.17, 15) is 18.3 Å². The molecule has 0 radical (unpaired) electrons. The van der Waals surface area contributed by atoms with Gasteiger partial charge < -0.3 is 9.84 Å². The van der Waals surface area contributed by atoms with E-state index in [1.165, 1.54) is 11.3 Å². The second-order valence-electron chi connectivity index (χ2n) is 6.30. The van der Waals surface area contributed by atoms with E-state index < -0.39 is 17.5 Å². The highest BCUT2D eigenvalue weighted by Gasteiger charge is 2.34. The minimum absolute atomic E-state index is 0.371. The number of methoxy groups -OCH3 is 1. The van der Waals surface area contributed by atoms with Gasteiger partial charge in [-0.15, -0.1) is 16.5 Å². The van der Waals surface area contributed by atoms with Gasteiger partial charge in [0.25, 0.3) is 0 Å². The smallest absolute Gasteiger partial charge is 0.418 e. The molecule has 0 amide bonds. The summed E-state index contributed by atoms with van der Waals surface area (Å²) in [4.78, 5) is 4.59. The lowest BCUT2D eigenvalue weighted by molar-refractivity contribution is -0.137. The SMILES string of the molecule is COc1ccc2nc(-c3ccc(N=Nc4ccc(O)cc4C(F)(F)F)cc3)sc2c1. The second-order valence-corrected chi connectivity index (χ2v) is 7.33. The van der Waals surface area contributed by atoms with E-state index in [-0.39, 0.29) is 5.69 Å². The summed E-state index contributed by atoms with van der Waals surface area (Å²) >= 11 is 1.51. The molecule has 9 heteroatoms. The zero-order valence-electron chi connectivity index (χ0n) is 15.5. The van der Waals surface area contributed by atoms with Crippen molar-refractivity contribution in [3.05, 3.63) is 66.2 Å². The lowest BCUT2D eigenvalue weighted by Gasteiger charge is -2.09. The van der Waals surface area contributed by atoms with Crippen molar-refractivity contribution >= 4 is 32.9 Å². The molecule has 0 saturated carbocycles. The number of aromatic nitrogens is 1. The number of hydrogen-bond donors (Lipinski definition) is 1. The van der Waals surface area contributed by atoms with Gasteiger partial charge >= 0.3 is 6.18 Å². The standard InChI is InChI=1S/C21H14F3N3O2S/c1-29-15-7-9-18-19(11-15)30-20(25-18)12-2-4-13(5-3-12)26-27-17-8-6-14(28)10-16(17)21(22,23)24/h2-11,28H,1H3. The van der Waals surface area contributed by atoms with E-state index in [0.29, 0.717) is 11.8 Å². The molecular weight excluding hydrogens is 415 g/mol. The molecule has 0 aliphatic heterocycles. The van der Waals surface area contributed by atoms with Crippen molar-refractivity contribution in [3.8, 4) is 22.1 Å². The fraction of sp³-hybridized carbons (Fsp3) is 0.0952. The Bertz CT molecular complexity index is 1230. The summed E-state index contributed by atoms with van der Waals surface area (Å²) in [5.41, 5.74) is 0.682. The van der Waals surface area contributed by atoms with Crippen LogP contribution in [-0.4, -0.2) is 17.2 Å². The first-order valence-corrected chi connectivity index (χ1v) is 9.52. The van der Waals surface area contributed by atoms with Crippen LogP contribution in [0, 0.1) is 0 Å². The molecule has 4 aromatic rings. The van der Waals surface area contributed by atoms with E-state index >= 15 is 0 Å². The molecule has 0 bridgehead atoms. The largest absolute Gasteiger partial charge is 0.508 e. The van der Waals surface area contributed by atoms with Gasteiger partial charge in [0.15, 0.2) is 0 Å². The van der Waals surface area contributed by atoms with Crippen LogP contribution in [0.5, 0.6) is 11.5 Å². The number of benzene rings is 3. The molecule has 1 heterocycles. The van der Waals surface area contributed by atoms with E-state index in [1.54, 1.807) is 31.4 Å². The Balaban J connectivity index is 1.59. The molecule has 0 aliphatic carbocycles. The number of halogens is 3. The van der Waals surface area contributed by atoms with Crippen LogP contribution in [0.25, 0.3) is 20.8 Å². The number of alkyl halides is 3. The minimum atomic E-state index is -4.65. The van der Waals surface area contributed by atoms with E-state index in [1.807, 2.05) is 18.2 Å². The van der Waals surface area contributed by atoms with Crippen LogP contribution < -0.4 is 4.74 Å². The Labute approximate surface area is 173 Å².